The van der Waals surface area contributed by atoms with E-state index < -0.39 is 0 Å². The van der Waals surface area contributed by atoms with Crippen LogP contribution in [0.5, 0.6) is 5.75 Å². The first kappa shape index (κ1) is 16.9. The monoisotopic (exact) mass is 324 g/mol. The van der Waals surface area contributed by atoms with Gasteiger partial charge in [0.1, 0.15) is 5.75 Å². The predicted molar refractivity (Wildman–Crippen MR) is 101 cm³/mol. The number of nitrogens with two attached hydrogens (primary N) is 1. The third kappa shape index (κ3) is 5.68. The molecule has 0 aliphatic carbocycles. The van der Waals surface area contributed by atoms with Gasteiger partial charge in [-0.1, -0.05) is 36.5 Å². The van der Waals surface area contributed by atoms with E-state index in [1.54, 1.807) is 23.9 Å². The molecule has 0 spiro atoms. The van der Waals surface area contributed by atoms with Gasteiger partial charge in [-0.15, -0.1) is 11.8 Å². The molecule has 0 bridgehead atoms. The van der Waals surface area contributed by atoms with Crippen LogP contribution in [0.25, 0.3) is 0 Å². The molecule has 0 saturated heterocycles. The fourth-order valence-corrected chi connectivity index (χ4v) is 2.80. The highest BCUT2D eigenvalue weighted by molar-refractivity contribution is 8.13. The average Bonchev–Trinajstić information content (AvgIpc) is 2.54. The zero-order valence-corrected chi connectivity index (χ0v) is 13.8. The Morgan fingerprint density at radius 1 is 1.22 bits per heavy atom. The highest BCUT2D eigenvalue weighted by Gasteiger charge is 2.10. The molecule has 0 fully saturated rings. The van der Waals surface area contributed by atoms with Crippen LogP contribution in [0.4, 0.5) is 5.69 Å². The normalized spacial score (nSPS) is 15.9. The van der Waals surface area contributed by atoms with E-state index >= 15 is 0 Å². The van der Waals surface area contributed by atoms with Gasteiger partial charge in [-0.25, -0.2) is 4.99 Å². The molecule has 4 heteroatoms. The number of phenolic OH excluding ortho intramolecular Hbond substituents is 1. The van der Waals surface area contributed by atoms with Crippen LogP contribution < -0.4 is 5.73 Å². The minimum atomic E-state index is 0.289. The number of nitrogens with zero attached hydrogens (tertiary/aromatic N) is 1. The van der Waals surface area contributed by atoms with Crippen LogP contribution in [-0.2, 0) is 5.75 Å². The second kappa shape index (κ2) is 8.86. The molecule has 23 heavy (non-hydrogen) atoms. The van der Waals surface area contributed by atoms with Gasteiger partial charge >= 0.3 is 0 Å². The maximum Gasteiger partial charge on any atom is 0.116 e. The van der Waals surface area contributed by atoms with Crippen molar-refractivity contribution in [3.8, 4) is 5.75 Å². The Morgan fingerprint density at radius 2 is 2.00 bits per heavy atom. The third-order valence-corrected chi connectivity index (χ3v) is 3.98. The molecule has 3 N–H and O–H groups in total. The first-order valence-corrected chi connectivity index (χ1v) is 8.31. The molecule has 0 aromatic heterocycles. The molecular formula is C19H20N2OS. The van der Waals surface area contributed by atoms with E-state index in [0.29, 0.717) is 0 Å². The molecule has 0 atom stereocenters. The van der Waals surface area contributed by atoms with Gasteiger partial charge in [0, 0.05) is 11.4 Å². The molecule has 1 aliphatic heterocycles. The minimum Gasteiger partial charge on any atom is -0.508 e. The van der Waals surface area contributed by atoms with Crippen molar-refractivity contribution in [2.24, 2.45) is 10.7 Å². The molecule has 2 rings (SSSR count). The largest absolute Gasteiger partial charge is 0.508 e. The van der Waals surface area contributed by atoms with Crippen LogP contribution in [0.2, 0.25) is 0 Å². The van der Waals surface area contributed by atoms with Crippen molar-refractivity contribution in [1.29, 1.82) is 0 Å². The molecule has 0 amide bonds. The number of fused-ring (bicyclic) bond motifs is 1. The molecule has 1 aromatic carbocycles. The second-order valence-electron chi connectivity index (χ2n) is 4.85. The number of allylic oxidation sites excluding steroid dienone is 8. The summed E-state index contributed by atoms with van der Waals surface area (Å²) in [5, 5.41) is 10.4. The van der Waals surface area contributed by atoms with Crippen molar-refractivity contribution in [1.82, 2.24) is 0 Å². The summed E-state index contributed by atoms with van der Waals surface area (Å²) in [7, 11) is 0. The molecule has 1 heterocycles. The first-order valence-electron chi connectivity index (χ1n) is 7.32. The van der Waals surface area contributed by atoms with E-state index in [2.05, 4.69) is 4.99 Å². The Labute approximate surface area is 141 Å². The van der Waals surface area contributed by atoms with Crippen LogP contribution in [0.1, 0.15) is 12.5 Å². The van der Waals surface area contributed by atoms with Crippen molar-refractivity contribution in [2.75, 3.05) is 0 Å². The van der Waals surface area contributed by atoms with Crippen LogP contribution >= 0.6 is 11.8 Å². The number of rotatable bonds is 5. The van der Waals surface area contributed by atoms with Crippen LogP contribution in [0, 0.1) is 0 Å². The maximum absolute atomic E-state index is 9.46. The summed E-state index contributed by atoms with van der Waals surface area (Å²) in [5.41, 5.74) is 8.44. The zero-order chi connectivity index (χ0) is 16.5. The summed E-state index contributed by atoms with van der Waals surface area (Å²) in [6, 6.07) is 5.28. The predicted octanol–water partition coefficient (Wildman–Crippen LogP) is 4.76. The lowest BCUT2D eigenvalue weighted by Gasteiger charge is -2.12. The van der Waals surface area contributed by atoms with Gasteiger partial charge in [0.15, 0.2) is 0 Å². The Bertz CT molecular complexity index is 725. The smallest absolute Gasteiger partial charge is 0.116 e. The first-order chi connectivity index (χ1) is 11.2. The van der Waals surface area contributed by atoms with Crippen molar-refractivity contribution >= 4 is 22.5 Å². The van der Waals surface area contributed by atoms with E-state index in [-0.39, 0.29) is 5.75 Å². The molecule has 1 aliphatic rings. The molecular weight excluding hydrogens is 304 g/mol. The van der Waals surface area contributed by atoms with Crippen molar-refractivity contribution < 1.29 is 5.11 Å². The lowest BCUT2D eigenvalue weighted by Crippen LogP contribution is -1.95. The van der Waals surface area contributed by atoms with E-state index in [0.717, 1.165) is 27.7 Å². The summed E-state index contributed by atoms with van der Waals surface area (Å²) in [6.45, 7) is 1.93. The van der Waals surface area contributed by atoms with Crippen LogP contribution in [0.15, 0.2) is 83.6 Å². The molecule has 1 aromatic rings. The number of benzene rings is 1. The van der Waals surface area contributed by atoms with Crippen molar-refractivity contribution in [3.05, 3.63) is 84.1 Å². The summed E-state index contributed by atoms with van der Waals surface area (Å²) < 4.78 is 0. The molecule has 3 nitrogen and oxygen atoms in total. The van der Waals surface area contributed by atoms with Crippen LogP contribution in [0.3, 0.4) is 0 Å². The number of thioether (sulfide) groups is 1. The van der Waals surface area contributed by atoms with Gasteiger partial charge < -0.3 is 10.8 Å². The summed E-state index contributed by atoms with van der Waals surface area (Å²) in [5.74, 6) is 1.11. The van der Waals surface area contributed by atoms with Crippen molar-refractivity contribution in [2.45, 2.75) is 12.7 Å². The lowest BCUT2D eigenvalue weighted by molar-refractivity contribution is 0.475. The number of aliphatic imine (C=N–C) groups is 1. The summed E-state index contributed by atoms with van der Waals surface area (Å²) in [6.07, 6.45) is 17.3. The fraction of sp³-hybridized carbons (Fsp3) is 0.105. The van der Waals surface area contributed by atoms with E-state index in [1.807, 2.05) is 67.7 Å². The fourth-order valence-electron chi connectivity index (χ4n) is 1.93. The second-order valence-corrected chi connectivity index (χ2v) is 5.84. The van der Waals surface area contributed by atoms with Crippen molar-refractivity contribution in [3.63, 3.8) is 0 Å². The van der Waals surface area contributed by atoms with E-state index in [9.17, 15) is 5.11 Å². The Kier molecular flexibility index (Phi) is 6.51. The standard InChI is InChI=1S/C19H20N2OS/c1-2-8-16(20)9-6-4-3-5-7-10-19-21-18-12-11-17(22)13-15(18)14-23-19/h2-13,22H,14,20H2,1H3/b5-3+,6-4+,8-2-,10-7+,16-9+. The maximum atomic E-state index is 9.46. The summed E-state index contributed by atoms with van der Waals surface area (Å²) >= 11 is 1.66. The van der Waals surface area contributed by atoms with Gasteiger partial charge in [-0.2, -0.15) is 0 Å². The Morgan fingerprint density at radius 3 is 2.83 bits per heavy atom. The van der Waals surface area contributed by atoms with Gasteiger partial charge in [0.25, 0.3) is 0 Å². The Hall–Kier alpha value is -2.46. The summed E-state index contributed by atoms with van der Waals surface area (Å²) in [4.78, 5) is 4.56. The molecule has 0 saturated carbocycles. The SMILES string of the molecule is C\C=C/C(N)=C\C=C\C=C\C=C\C1=Nc2ccc(O)cc2CS1. The van der Waals surface area contributed by atoms with Gasteiger partial charge in [-0.3, -0.25) is 0 Å². The quantitative estimate of drug-likeness (QED) is 0.768. The Balaban J connectivity index is 1.91. The highest BCUT2D eigenvalue weighted by atomic mass is 32.2. The van der Waals surface area contributed by atoms with Gasteiger partial charge in [-0.05, 0) is 48.9 Å². The molecule has 118 valence electrons. The van der Waals surface area contributed by atoms with Gasteiger partial charge in [0.05, 0.1) is 10.7 Å². The van der Waals surface area contributed by atoms with Crippen LogP contribution in [-0.4, -0.2) is 10.2 Å². The number of phenols is 1. The molecule has 0 unspecified atom stereocenters. The van der Waals surface area contributed by atoms with E-state index in [1.165, 1.54) is 0 Å². The van der Waals surface area contributed by atoms with Gasteiger partial charge in [0.2, 0.25) is 0 Å². The zero-order valence-electron chi connectivity index (χ0n) is 13.0. The minimum absolute atomic E-state index is 0.289. The average molecular weight is 324 g/mol. The third-order valence-electron chi connectivity index (χ3n) is 3.00. The number of hydrogen-bond acceptors (Lipinski definition) is 4. The topological polar surface area (TPSA) is 58.6 Å². The van der Waals surface area contributed by atoms with E-state index in [4.69, 9.17) is 5.73 Å². The lowest BCUT2D eigenvalue weighted by atomic mass is 10.2. The number of aromatic hydroxyl groups is 1. The number of hydrogen-bond donors (Lipinski definition) is 2. The highest BCUT2D eigenvalue weighted by Crippen LogP contribution is 2.33. The molecule has 0 radical (unpaired) electrons.